The lowest BCUT2D eigenvalue weighted by Gasteiger charge is -2.46. The first-order valence-corrected chi connectivity index (χ1v) is 15.6. The summed E-state index contributed by atoms with van der Waals surface area (Å²) in [5.74, 6) is 2.86. The molecular weight excluding hydrogens is 590 g/mol. The fraction of sp³-hybridized carbons (Fsp3) is 0.303. The third-order valence-electron chi connectivity index (χ3n) is 8.24. The third kappa shape index (κ3) is 6.28. The van der Waals surface area contributed by atoms with Gasteiger partial charge < -0.3 is 30.9 Å². The lowest BCUT2D eigenvalue weighted by atomic mass is 9.99. The van der Waals surface area contributed by atoms with E-state index in [1.165, 1.54) is 16.8 Å². The number of ether oxygens (including phenoxy) is 1. The van der Waals surface area contributed by atoms with Crippen molar-refractivity contribution in [3.8, 4) is 18.1 Å². The Kier molecular flexibility index (Phi) is 8.84. The maximum atomic E-state index is 14.2. The summed E-state index contributed by atoms with van der Waals surface area (Å²) in [5, 5.41) is 9.34. The van der Waals surface area contributed by atoms with Crippen LogP contribution in [0.3, 0.4) is 0 Å². The second-order valence-corrected chi connectivity index (χ2v) is 12.2. The highest BCUT2D eigenvalue weighted by molar-refractivity contribution is 8.00. The van der Waals surface area contributed by atoms with Gasteiger partial charge in [0.05, 0.1) is 32.4 Å². The molecule has 0 bridgehead atoms. The third-order valence-corrected chi connectivity index (χ3v) is 9.21. The summed E-state index contributed by atoms with van der Waals surface area (Å²) < 4.78 is 5.31. The number of thioether (sulfide) groups is 1. The summed E-state index contributed by atoms with van der Waals surface area (Å²) in [6, 6.07) is 21.7. The van der Waals surface area contributed by atoms with E-state index in [9.17, 15) is 14.4 Å². The molecule has 6 rings (SSSR count). The predicted octanol–water partition coefficient (Wildman–Crippen LogP) is 2.64. The van der Waals surface area contributed by atoms with Gasteiger partial charge in [-0.2, -0.15) is 5.01 Å². The van der Waals surface area contributed by atoms with Crippen LogP contribution in [0.5, 0.6) is 5.75 Å². The molecule has 3 aliphatic rings. The van der Waals surface area contributed by atoms with Gasteiger partial charge in [0.2, 0.25) is 11.8 Å². The predicted molar refractivity (Wildman–Crippen MR) is 171 cm³/mol. The van der Waals surface area contributed by atoms with E-state index >= 15 is 0 Å². The van der Waals surface area contributed by atoms with E-state index in [-0.39, 0.29) is 36.9 Å². The van der Waals surface area contributed by atoms with Crippen molar-refractivity contribution in [3.05, 3.63) is 89.5 Å². The van der Waals surface area contributed by atoms with Crippen LogP contribution in [0.4, 0.5) is 10.5 Å². The van der Waals surface area contributed by atoms with Crippen LogP contribution in [0.25, 0.3) is 0 Å². The summed E-state index contributed by atoms with van der Waals surface area (Å²) in [5.41, 5.74) is 9.53. The second-order valence-electron chi connectivity index (χ2n) is 11.0. The molecule has 12 heteroatoms. The molecule has 3 atom stereocenters. The normalized spacial score (nSPS) is 20.7. The molecule has 3 aromatic carbocycles. The Labute approximate surface area is 266 Å². The Bertz CT molecular complexity index is 1610. The van der Waals surface area contributed by atoms with Crippen molar-refractivity contribution in [2.45, 2.75) is 42.1 Å². The zero-order valence-corrected chi connectivity index (χ0v) is 25.7. The maximum absolute atomic E-state index is 14.2. The van der Waals surface area contributed by atoms with E-state index in [0.717, 1.165) is 27.3 Å². The van der Waals surface area contributed by atoms with Crippen LogP contribution < -0.4 is 21.1 Å². The Morgan fingerprint density at radius 3 is 2.62 bits per heavy atom. The quantitative estimate of drug-likeness (QED) is 0.310. The second kappa shape index (κ2) is 13.1. The zero-order valence-electron chi connectivity index (χ0n) is 24.9. The lowest BCUT2D eigenvalue weighted by molar-refractivity contribution is -0.157. The molecule has 0 saturated carbocycles. The molecular formula is C33H35N7O4S. The van der Waals surface area contributed by atoms with Crippen LogP contribution >= 0.6 is 11.8 Å². The van der Waals surface area contributed by atoms with Crippen molar-refractivity contribution >= 4 is 35.3 Å². The van der Waals surface area contributed by atoms with Crippen molar-refractivity contribution in [3.63, 3.8) is 0 Å². The smallest absolute Gasteiger partial charge is 0.333 e. The number of hydrogen-bond acceptors (Lipinski definition) is 8. The fourth-order valence-electron chi connectivity index (χ4n) is 6.09. The average molecular weight is 626 g/mol. The first kappa shape index (κ1) is 30.3. The number of hydrogen-bond donors (Lipinski definition) is 3. The number of nitrogens with one attached hydrogen (secondary N) is 2. The van der Waals surface area contributed by atoms with E-state index in [2.05, 4.69) is 16.6 Å². The number of urea groups is 1. The maximum Gasteiger partial charge on any atom is 0.333 e. The van der Waals surface area contributed by atoms with E-state index < -0.39 is 18.2 Å². The van der Waals surface area contributed by atoms with Crippen LogP contribution in [0.15, 0.2) is 77.7 Å². The molecule has 3 aliphatic heterocycles. The number of nitrogens with two attached hydrogens (primary N) is 1. The number of carbonyl (C=O) groups is 3. The Hall–Kier alpha value is -4.70. The number of rotatable bonds is 9. The highest BCUT2D eigenvalue weighted by Gasteiger charge is 2.52. The SMILES string of the molecule is C#CCN(C(=O)NCc1ccccc1)N1CC(=O)N2[C@@H](Cc3ccc(OC)cc3)C(=O)N(Cc3cccc4c3NC(N)S4)C[C@@H]21. The van der Waals surface area contributed by atoms with E-state index in [1.807, 2.05) is 72.8 Å². The zero-order chi connectivity index (χ0) is 31.5. The van der Waals surface area contributed by atoms with Crippen LogP contribution in [0.2, 0.25) is 0 Å². The van der Waals surface area contributed by atoms with Crippen LogP contribution in [0.1, 0.15) is 16.7 Å². The van der Waals surface area contributed by atoms with E-state index in [1.54, 1.807) is 21.9 Å². The van der Waals surface area contributed by atoms with Gasteiger partial charge >= 0.3 is 6.03 Å². The number of fused-ring (bicyclic) bond motifs is 2. The molecule has 1 unspecified atom stereocenters. The van der Waals surface area contributed by atoms with Gasteiger partial charge in [-0.15, -0.1) is 6.42 Å². The Balaban J connectivity index is 1.30. The molecule has 4 N–H and O–H groups in total. The van der Waals surface area contributed by atoms with Gasteiger partial charge in [0.15, 0.2) is 0 Å². The average Bonchev–Trinajstić information content (AvgIpc) is 3.60. The van der Waals surface area contributed by atoms with Crippen LogP contribution in [-0.2, 0) is 29.1 Å². The Morgan fingerprint density at radius 2 is 1.89 bits per heavy atom. The molecule has 11 nitrogen and oxygen atoms in total. The van der Waals surface area contributed by atoms with Gasteiger partial charge in [-0.1, -0.05) is 72.3 Å². The van der Waals surface area contributed by atoms with Crippen LogP contribution in [-0.4, -0.2) is 82.1 Å². The van der Waals surface area contributed by atoms with Crippen molar-refractivity contribution in [2.75, 3.05) is 32.1 Å². The van der Waals surface area contributed by atoms with Gasteiger partial charge in [-0.05, 0) is 34.9 Å². The minimum absolute atomic E-state index is 0.0411. The topological polar surface area (TPSA) is 123 Å². The van der Waals surface area contributed by atoms with Crippen molar-refractivity contribution in [2.24, 2.45) is 5.73 Å². The highest BCUT2D eigenvalue weighted by atomic mass is 32.2. The Morgan fingerprint density at radius 1 is 1.11 bits per heavy atom. The molecule has 45 heavy (non-hydrogen) atoms. The minimum atomic E-state index is -0.781. The minimum Gasteiger partial charge on any atom is -0.497 e. The molecule has 0 spiro atoms. The summed E-state index contributed by atoms with van der Waals surface area (Å²) in [6.07, 6.45) is 5.42. The number of para-hydroxylation sites is 1. The summed E-state index contributed by atoms with van der Waals surface area (Å²) >= 11 is 1.53. The van der Waals surface area contributed by atoms with Gasteiger partial charge in [0.1, 0.15) is 23.5 Å². The number of amides is 4. The van der Waals surface area contributed by atoms with Gasteiger partial charge in [-0.25, -0.2) is 9.80 Å². The monoisotopic (exact) mass is 625 g/mol. The first-order valence-electron chi connectivity index (χ1n) is 14.7. The summed E-state index contributed by atoms with van der Waals surface area (Å²) in [7, 11) is 1.60. The number of anilines is 1. The largest absolute Gasteiger partial charge is 0.497 e. The molecule has 4 amide bonds. The lowest BCUT2D eigenvalue weighted by Crippen LogP contribution is -2.66. The van der Waals surface area contributed by atoms with Crippen molar-refractivity contribution in [1.29, 1.82) is 0 Å². The molecule has 0 radical (unpaired) electrons. The number of hydrazine groups is 1. The molecule has 0 aromatic heterocycles. The number of terminal acetylenes is 1. The molecule has 232 valence electrons. The molecule has 0 aliphatic carbocycles. The van der Waals surface area contributed by atoms with E-state index in [0.29, 0.717) is 25.3 Å². The molecule has 3 heterocycles. The number of benzene rings is 3. The van der Waals surface area contributed by atoms with Gasteiger partial charge in [0, 0.05) is 24.4 Å². The molecule has 2 fully saturated rings. The fourth-order valence-corrected chi connectivity index (χ4v) is 7.01. The standard InChI is InChI=1S/C33H35N7O4S/c1-3-16-38(33(43)35-18-23-8-5-4-6-9-23)39-21-29(41)40-26(17-22-12-14-25(44-2)15-13-22)31(42)37(20-28(39)40)19-24-10-7-11-27-30(24)36-32(34)45-27/h1,4-15,26,28,32,36H,16-21,34H2,2H3,(H,35,43)/t26-,28+,32?/m0/s1. The molecule has 3 aromatic rings. The first-order chi connectivity index (χ1) is 21.9. The van der Waals surface area contributed by atoms with Crippen molar-refractivity contribution in [1.82, 2.24) is 25.1 Å². The molecule has 2 saturated heterocycles. The van der Waals surface area contributed by atoms with Crippen molar-refractivity contribution < 1.29 is 19.1 Å². The van der Waals surface area contributed by atoms with Gasteiger partial charge in [0.25, 0.3) is 0 Å². The number of nitrogens with zero attached hydrogens (tertiary/aromatic N) is 4. The van der Waals surface area contributed by atoms with E-state index in [4.69, 9.17) is 16.9 Å². The van der Waals surface area contributed by atoms with Gasteiger partial charge in [-0.3, -0.25) is 9.59 Å². The number of piperazine rings is 1. The van der Waals surface area contributed by atoms with Crippen LogP contribution in [0, 0.1) is 12.3 Å². The summed E-state index contributed by atoms with van der Waals surface area (Å²) in [6.45, 7) is 0.677. The number of carbonyl (C=O) groups excluding carboxylic acids is 3. The number of methoxy groups -OCH3 is 1. The summed E-state index contributed by atoms with van der Waals surface area (Å²) in [4.78, 5) is 45.9. The highest BCUT2D eigenvalue weighted by Crippen LogP contribution is 2.40.